The SMILES string of the molecule is CC(C)C1(C)CCCCC2N=C(C(C)(C)C)NC2CCC1. The molecule has 1 heterocycles. The van der Waals surface area contributed by atoms with Crippen LogP contribution in [0.2, 0.25) is 0 Å². The molecular weight excluding hydrogens is 256 g/mol. The Morgan fingerprint density at radius 1 is 1.10 bits per heavy atom. The van der Waals surface area contributed by atoms with Gasteiger partial charge in [-0.05, 0) is 37.0 Å². The molecule has 1 aliphatic carbocycles. The van der Waals surface area contributed by atoms with E-state index in [0.717, 1.165) is 5.92 Å². The zero-order valence-electron chi connectivity index (χ0n) is 15.1. The summed E-state index contributed by atoms with van der Waals surface area (Å²) < 4.78 is 0. The van der Waals surface area contributed by atoms with E-state index in [4.69, 9.17) is 4.99 Å². The Morgan fingerprint density at radius 3 is 2.38 bits per heavy atom. The first-order valence-electron chi connectivity index (χ1n) is 9.07. The van der Waals surface area contributed by atoms with Crippen molar-refractivity contribution in [3.63, 3.8) is 0 Å². The molecule has 0 saturated heterocycles. The summed E-state index contributed by atoms with van der Waals surface area (Å²) in [7, 11) is 0. The van der Waals surface area contributed by atoms with Gasteiger partial charge >= 0.3 is 0 Å². The van der Waals surface area contributed by atoms with Crippen LogP contribution in [0, 0.1) is 16.7 Å². The lowest BCUT2D eigenvalue weighted by Gasteiger charge is -2.36. The first kappa shape index (κ1) is 16.8. The number of fused-ring (bicyclic) bond motifs is 1. The number of hydrogen-bond acceptors (Lipinski definition) is 2. The molecule has 1 fully saturated rings. The molecule has 122 valence electrons. The van der Waals surface area contributed by atoms with Crippen LogP contribution in [0.3, 0.4) is 0 Å². The fraction of sp³-hybridized carbons (Fsp3) is 0.947. The van der Waals surface area contributed by atoms with Crippen LogP contribution in [0.5, 0.6) is 0 Å². The van der Waals surface area contributed by atoms with Crippen LogP contribution in [-0.2, 0) is 0 Å². The molecule has 2 heteroatoms. The molecule has 1 saturated carbocycles. The van der Waals surface area contributed by atoms with Gasteiger partial charge in [0, 0.05) is 11.5 Å². The normalized spacial score (nSPS) is 35.1. The van der Waals surface area contributed by atoms with E-state index < -0.39 is 0 Å². The predicted octanol–water partition coefficient (Wildman–Crippen LogP) is 5.18. The molecule has 0 radical (unpaired) electrons. The Hall–Kier alpha value is -0.530. The van der Waals surface area contributed by atoms with Crippen molar-refractivity contribution in [3.05, 3.63) is 0 Å². The van der Waals surface area contributed by atoms with Crippen LogP contribution in [0.4, 0.5) is 0 Å². The van der Waals surface area contributed by atoms with Gasteiger partial charge in [-0.1, -0.05) is 60.8 Å². The lowest BCUT2D eigenvalue weighted by Crippen LogP contribution is -2.40. The second-order valence-corrected chi connectivity index (χ2v) is 8.99. The Bertz CT molecular complexity index is 378. The zero-order valence-corrected chi connectivity index (χ0v) is 15.1. The van der Waals surface area contributed by atoms with Gasteiger partial charge in [-0.2, -0.15) is 0 Å². The van der Waals surface area contributed by atoms with E-state index in [-0.39, 0.29) is 5.41 Å². The summed E-state index contributed by atoms with van der Waals surface area (Å²) in [6.07, 6.45) is 9.38. The van der Waals surface area contributed by atoms with E-state index in [0.29, 0.717) is 17.5 Å². The topological polar surface area (TPSA) is 24.4 Å². The predicted molar refractivity (Wildman–Crippen MR) is 92.9 cm³/mol. The summed E-state index contributed by atoms with van der Waals surface area (Å²) in [6.45, 7) is 14.1. The summed E-state index contributed by atoms with van der Waals surface area (Å²) in [5, 5.41) is 3.76. The van der Waals surface area contributed by atoms with E-state index in [9.17, 15) is 0 Å². The molecular formula is C19H36N2. The van der Waals surface area contributed by atoms with Crippen molar-refractivity contribution >= 4 is 5.84 Å². The summed E-state index contributed by atoms with van der Waals surface area (Å²) in [5.74, 6) is 2.04. The molecule has 0 spiro atoms. The van der Waals surface area contributed by atoms with Gasteiger partial charge in [0.15, 0.2) is 0 Å². The summed E-state index contributed by atoms with van der Waals surface area (Å²) >= 11 is 0. The minimum absolute atomic E-state index is 0.166. The highest BCUT2D eigenvalue weighted by atomic mass is 15.1. The molecule has 1 N–H and O–H groups in total. The van der Waals surface area contributed by atoms with Crippen molar-refractivity contribution in [1.82, 2.24) is 5.32 Å². The Balaban J connectivity index is 2.02. The molecule has 1 aliphatic heterocycles. The van der Waals surface area contributed by atoms with Gasteiger partial charge in [-0.25, -0.2) is 0 Å². The summed E-state index contributed by atoms with van der Waals surface area (Å²) in [4.78, 5) is 5.03. The number of rotatable bonds is 1. The van der Waals surface area contributed by atoms with Gasteiger partial charge < -0.3 is 5.32 Å². The van der Waals surface area contributed by atoms with E-state index in [2.05, 4.69) is 46.9 Å². The molecule has 2 aliphatic rings. The van der Waals surface area contributed by atoms with Gasteiger partial charge in [0.2, 0.25) is 0 Å². The van der Waals surface area contributed by atoms with E-state index in [1.54, 1.807) is 0 Å². The quantitative estimate of drug-likeness (QED) is 0.707. The lowest BCUT2D eigenvalue weighted by molar-refractivity contribution is 0.162. The third-order valence-corrected chi connectivity index (χ3v) is 5.95. The fourth-order valence-corrected chi connectivity index (χ4v) is 3.82. The first-order chi connectivity index (χ1) is 9.72. The molecule has 2 rings (SSSR count). The highest BCUT2D eigenvalue weighted by molar-refractivity contribution is 5.89. The molecule has 2 nitrogen and oxygen atoms in total. The number of nitrogens with zero attached hydrogens (tertiary/aromatic N) is 1. The zero-order chi connectivity index (χ0) is 15.7. The van der Waals surface area contributed by atoms with E-state index in [1.165, 1.54) is 50.8 Å². The Labute approximate surface area is 132 Å². The van der Waals surface area contributed by atoms with Crippen LogP contribution in [0.25, 0.3) is 0 Å². The monoisotopic (exact) mass is 292 g/mol. The molecule has 0 amide bonds. The largest absolute Gasteiger partial charge is 0.368 e. The second-order valence-electron chi connectivity index (χ2n) is 8.99. The standard InChI is InChI=1S/C19H36N2/c1-14(2)19(6)12-8-7-10-15-16(11-9-13-19)21-17(20-15)18(3,4)5/h14-16H,7-13H2,1-6H3,(H,20,21). The molecule has 3 atom stereocenters. The maximum Gasteiger partial charge on any atom is 0.102 e. The molecule has 0 aromatic carbocycles. The number of aliphatic imine (C=N–C) groups is 1. The minimum Gasteiger partial charge on any atom is -0.368 e. The number of nitrogens with one attached hydrogen (secondary N) is 1. The molecule has 3 unspecified atom stereocenters. The summed E-state index contributed by atoms with van der Waals surface area (Å²) in [6, 6.07) is 1.12. The average Bonchev–Trinajstić information content (AvgIpc) is 2.78. The number of hydrogen-bond donors (Lipinski definition) is 1. The van der Waals surface area contributed by atoms with Crippen molar-refractivity contribution in [2.24, 2.45) is 21.7 Å². The Kier molecular flexibility index (Phi) is 5.05. The third kappa shape index (κ3) is 4.02. The smallest absolute Gasteiger partial charge is 0.102 e. The number of amidine groups is 1. The lowest BCUT2D eigenvalue weighted by atomic mass is 9.70. The van der Waals surface area contributed by atoms with Crippen LogP contribution in [-0.4, -0.2) is 17.9 Å². The van der Waals surface area contributed by atoms with Crippen molar-refractivity contribution in [2.45, 2.75) is 98.6 Å². The van der Waals surface area contributed by atoms with Crippen LogP contribution in [0.15, 0.2) is 4.99 Å². The van der Waals surface area contributed by atoms with Crippen LogP contribution >= 0.6 is 0 Å². The fourth-order valence-electron chi connectivity index (χ4n) is 3.82. The minimum atomic E-state index is 0.166. The summed E-state index contributed by atoms with van der Waals surface area (Å²) in [5.41, 5.74) is 0.707. The maximum atomic E-state index is 5.03. The Morgan fingerprint density at radius 2 is 1.76 bits per heavy atom. The van der Waals surface area contributed by atoms with Crippen molar-refractivity contribution in [2.75, 3.05) is 0 Å². The average molecular weight is 293 g/mol. The van der Waals surface area contributed by atoms with E-state index in [1.807, 2.05) is 0 Å². The molecule has 0 aromatic rings. The third-order valence-electron chi connectivity index (χ3n) is 5.95. The van der Waals surface area contributed by atoms with Crippen LogP contribution < -0.4 is 5.32 Å². The van der Waals surface area contributed by atoms with Crippen molar-refractivity contribution < 1.29 is 0 Å². The molecule has 0 bridgehead atoms. The van der Waals surface area contributed by atoms with E-state index >= 15 is 0 Å². The van der Waals surface area contributed by atoms with Gasteiger partial charge in [-0.3, -0.25) is 4.99 Å². The van der Waals surface area contributed by atoms with Gasteiger partial charge in [0.25, 0.3) is 0 Å². The highest BCUT2D eigenvalue weighted by Crippen LogP contribution is 2.40. The maximum absolute atomic E-state index is 5.03. The molecule has 0 aromatic heterocycles. The van der Waals surface area contributed by atoms with Gasteiger partial charge in [-0.15, -0.1) is 0 Å². The second kappa shape index (κ2) is 6.30. The molecule has 21 heavy (non-hydrogen) atoms. The van der Waals surface area contributed by atoms with Crippen LogP contribution in [0.1, 0.15) is 86.5 Å². The van der Waals surface area contributed by atoms with Crippen molar-refractivity contribution in [3.8, 4) is 0 Å². The van der Waals surface area contributed by atoms with Gasteiger partial charge in [0.1, 0.15) is 5.84 Å². The van der Waals surface area contributed by atoms with Gasteiger partial charge in [0.05, 0.1) is 6.04 Å². The van der Waals surface area contributed by atoms with Crippen molar-refractivity contribution in [1.29, 1.82) is 0 Å². The highest BCUT2D eigenvalue weighted by Gasteiger charge is 2.35. The first-order valence-corrected chi connectivity index (χ1v) is 9.07.